The molecular weight excluding hydrogens is 367 g/mol. The zero-order chi connectivity index (χ0) is 20.7. The van der Waals surface area contributed by atoms with Crippen molar-refractivity contribution >= 4 is 5.91 Å². The lowest BCUT2D eigenvalue weighted by atomic mass is 9.91. The van der Waals surface area contributed by atoms with Crippen LogP contribution in [0.3, 0.4) is 0 Å². The number of nitrogens with zero attached hydrogens (tertiary/aromatic N) is 2. The van der Waals surface area contributed by atoms with Gasteiger partial charge < -0.3 is 10.0 Å². The van der Waals surface area contributed by atoms with Crippen molar-refractivity contribution in [2.45, 2.75) is 52.1 Å². The molecule has 5 heteroatoms. The van der Waals surface area contributed by atoms with Crippen molar-refractivity contribution in [2.24, 2.45) is 5.92 Å². The predicted molar refractivity (Wildman–Crippen MR) is 108 cm³/mol. The van der Waals surface area contributed by atoms with E-state index in [0.29, 0.717) is 29.7 Å². The van der Waals surface area contributed by atoms with Gasteiger partial charge in [0.2, 0.25) is 0 Å². The lowest BCUT2D eigenvalue weighted by Crippen LogP contribution is -2.39. The first-order valence-electron chi connectivity index (χ1n) is 10.2. The van der Waals surface area contributed by atoms with Crippen molar-refractivity contribution in [3.8, 4) is 6.07 Å². The molecule has 0 aromatic heterocycles. The zero-order valence-corrected chi connectivity index (χ0v) is 16.8. The van der Waals surface area contributed by atoms with Crippen molar-refractivity contribution in [1.29, 1.82) is 5.26 Å². The van der Waals surface area contributed by atoms with Crippen LogP contribution in [0.5, 0.6) is 0 Å². The summed E-state index contributed by atoms with van der Waals surface area (Å²) in [5.41, 5.74) is 5.68. The number of hydrogen-bond acceptors (Lipinski definition) is 3. The molecule has 1 saturated carbocycles. The summed E-state index contributed by atoms with van der Waals surface area (Å²) in [6.07, 6.45) is 3.32. The molecule has 4 nitrogen and oxygen atoms in total. The van der Waals surface area contributed by atoms with Gasteiger partial charge in [0.05, 0.1) is 11.6 Å². The highest BCUT2D eigenvalue weighted by molar-refractivity contribution is 5.99. The molecule has 4 rings (SSSR count). The molecule has 0 spiro atoms. The molecule has 1 aliphatic carbocycles. The highest BCUT2D eigenvalue weighted by atomic mass is 19.1. The van der Waals surface area contributed by atoms with Gasteiger partial charge >= 0.3 is 0 Å². The largest absolute Gasteiger partial charge is 0.396 e. The number of carbonyl (C=O) groups is 1. The van der Waals surface area contributed by atoms with Crippen LogP contribution in [-0.2, 0) is 13.0 Å². The molecule has 2 atom stereocenters. The Balaban J connectivity index is 1.67. The minimum atomic E-state index is -0.397. The summed E-state index contributed by atoms with van der Waals surface area (Å²) in [7, 11) is 0. The quantitative estimate of drug-likeness (QED) is 0.855. The topological polar surface area (TPSA) is 64.3 Å². The Hall–Kier alpha value is -2.71. The molecular formula is C24H25FN2O2. The average Bonchev–Trinajstić information content (AvgIpc) is 3.31. The Morgan fingerprint density at radius 3 is 2.69 bits per heavy atom. The molecule has 0 saturated heterocycles. The maximum Gasteiger partial charge on any atom is 0.254 e. The van der Waals surface area contributed by atoms with E-state index in [0.717, 1.165) is 41.5 Å². The third-order valence-electron chi connectivity index (χ3n) is 6.78. The van der Waals surface area contributed by atoms with Crippen molar-refractivity contribution in [3.05, 3.63) is 69.0 Å². The van der Waals surface area contributed by atoms with Crippen LogP contribution in [0.4, 0.5) is 4.39 Å². The average molecular weight is 392 g/mol. The van der Waals surface area contributed by atoms with Gasteiger partial charge in [-0.2, -0.15) is 5.26 Å². The normalized spacial score (nSPS) is 20.8. The molecule has 150 valence electrons. The summed E-state index contributed by atoms with van der Waals surface area (Å²) in [5, 5.41) is 18.6. The molecule has 1 fully saturated rings. The van der Waals surface area contributed by atoms with Crippen LogP contribution in [0.1, 0.15) is 63.0 Å². The molecule has 1 N–H and O–H groups in total. The highest BCUT2D eigenvalue weighted by Gasteiger charge is 2.39. The van der Waals surface area contributed by atoms with Crippen LogP contribution in [0.25, 0.3) is 0 Å². The van der Waals surface area contributed by atoms with E-state index in [1.54, 1.807) is 12.1 Å². The summed E-state index contributed by atoms with van der Waals surface area (Å²) in [4.78, 5) is 15.1. The third-order valence-corrected chi connectivity index (χ3v) is 6.78. The van der Waals surface area contributed by atoms with E-state index in [2.05, 4.69) is 0 Å². The van der Waals surface area contributed by atoms with Gasteiger partial charge in [0, 0.05) is 37.1 Å². The van der Waals surface area contributed by atoms with Crippen LogP contribution in [0.15, 0.2) is 24.3 Å². The number of amides is 1. The van der Waals surface area contributed by atoms with Gasteiger partial charge in [-0.05, 0) is 72.7 Å². The Morgan fingerprint density at radius 1 is 1.21 bits per heavy atom. The SMILES string of the molecule is Cc1c(Cc2ccc(C#N)cc2F)cc2c(c1C)CN([C@H]1CCC[C@@H]1CO)C2=O. The monoisotopic (exact) mass is 392 g/mol. The molecule has 2 aliphatic rings. The van der Waals surface area contributed by atoms with Gasteiger partial charge in [-0.25, -0.2) is 4.39 Å². The molecule has 1 heterocycles. The standard InChI is InChI=1S/C24H25FN2O2/c1-14-15(2)21-12-27(23-5-3-4-18(23)13-28)24(29)20(21)10-19(14)9-17-7-6-16(11-26)8-22(17)25/h6-8,10,18,23,28H,3-5,9,12-13H2,1-2H3/t18-,23+/m1/s1. The second-order valence-electron chi connectivity index (χ2n) is 8.28. The third kappa shape index (κ3) is 3.32. The van der Waals surface area contributed by atoms with Gasteiger partial charge in [-0.15, -0.1) is 0 Å². The van der Waals surface area contributed by atoms with E-state index >= 15 is 0 Å². The maximum absolute atomic E-state index is 14.4. The second kappa shape index (κ2) is 7.61. The second-order valence-corrected chi connectivity index (χ2v) is 8.28. The van der Waals surface area contributed by atoms with E-state index in [1.165, 1.54) is 6.07 Å². The molecule has 0 bridgehead atoms. The Kier molecular flexibility index (Phi) is 5.14. The number of aliphatic hydroxyl groups excluding tert-OH is 1. The Morgan fingerprint density at radius 2 is 2.00 bits per heavy atom. The summed E-state index contributed by atoms with van der Waals surface area (Å²) in [6.45, 7) is 4.76. The van der Waals surface area contributed by atoms with E-state index < -0.39 is 5.82 Å². The zero-order valence-electron chi connectivity index (χ0n) is 16.8. The van der Waals surface area contributed by atoms with Crippen LogP contribution in [0.2, 0.25) is 0 Å². The number of benzene rings is 2. The fourth-order valence-electron chi connectivity index (χ4n) is 4.89. The molecule has 0 radical (unpaired) electrons. The molecule has 2 aromatic carbocycles. The number of aliphatic hydroxyl groups is 1. The van der Waals surface area contributed by atoms with Crippen LogP contribution < -0.4 is 0 Å². The number of hydrogen-bond donors (Lipinski definition) is 1. The molecule has 29 heavy (non-hydrogen) atoms. The van der Waals surface area contributed by atoms with E-state index in [-0.39, 0.29) is 24.5 Å². The lowest BCUT2D eigenvalue weighted by molar-refractivity contribution is 0.0612. The fourth-order valence-corrected chi connectivity index (χ4v) is 4.89. The Labute approximate surface area is 170 Å². The smallest absolute Gasteiger partial charge is 0.254 e. The lowest BCUT2D eigenvalue weighted by Gasteiger charge is -2.28. The summed E-state index contributed by atoms with van der Waals surface area (Å²) < 4.78 is 14.4. The number of halogens is 1. The van der Waals surface area contributed by atoms with Crippen LogP contribution in [0, 0.1) is 36.9 Å². The number of nitriles is 1. The van der Waals surface area contributed by atoms with Crippen molar-refractivity contribution < 1.29 is 14.3 Å². The predicted octanol–water partition coefficient (Wildman–Crippen LogP) is 4.02. The van der Waals surface area contributed by atoms with Gasteiger partial charge in [-0.1, -0.05) is 12.5 Å². The first-order chi connectivity index (χ1) is 13.9. The minimum Gasteiger partial charge on any atom is -0.396 e. The van der Waals surface area contributed by atoms with Crippen molar-refractivity contribution in [3.63, 3.8) is 0 Å². The fraction of sp³-hybridized carbons (Fsp3) is 0.417. The van der Waals surface area contributed by atoms with Gasteiger partial charge in [0.1, 0.15) is 5.82 Å². The minimum absolute atomic E-state index is 0.0231. The van der Waals surface area contributed by atoms with Crippen molar-refractivity contribution in [1.82, 2.24) is 4.90 Å². The van der Waals surface area contributed by atoms with E-state index in [9.17, 15) is 14.3 Å². The number of rotatable bonds is 4. The van der Waals surface area contributed by atoms with Crippen molar-refractivity contribution in [2.75, 3.05) is 6.61 Å². The summed E-state index contributed by atoms with van der Waals surface area (Å²) in [6, 6.07) is 8.49. The van der Waals surface area contributed by atoms with E-state index in [4.69, 9.17) is 5.26 Å². The van der Waals surface area contributed by atoms with E-state index in [1.807, 2.05) is 30.9 Å². The summed E-state index contributed by atoms with van der Waals surface area (Å²) in [5.74, 6) is -0.219. The summed E-state index contributed by atoms with van der Waals surface area (Å²) >= 11 is 0. The number of carbonyl (C=O) groups excluding carboxylic acids is 1. The first kappa shape index (κ1) is 19.6. The first-order valence-corrected chi connectivity index (χ1v) is 10.2. The Bertz CT molecular complexity index is 1020. The van der Waals surface area contributed by atoms with Gasteiger partial charge in [-0.3, -0.25) is 4.79 Å². The van der Waals surface area contributed by atoms with Gasteiger partial charge in [0.15, 0.2) is 0 Å². The number of fused-ring (bicyclic) bond motifs is 1. The highest BCUT2D eigenvalue weighted by Crippen LogP contribution is 2.38. The van der Waals surface area contributed by atoms with Gasteiger partial charge in [0.25, 0.3) is 5.91 Å². The maximum atomic E-state index is 14.4. The molecule has 1 amide bonds. The molecule has 1 aliphatic heterocycles. The van der Waals surface area contributed by atoms with Crippen LogP contribution in [-0.4, -0.2) is 28.6 Å². The molecule has 2 aromatic rings. The van der Waals surface area contributed by atoms with Crippen LogP contribution >= 0.6 is 0 Å². The molecule has 0 unspecified atom stereocenters.